The Morgan fingerprint density at radius 3 is 2.24 bits per heavy atom. The molecule has 0 bridgehead atoms. The molecule has 2 aromatic carbocycles. The smallest absolute Gasteiger partial charge is 0.242 e. The molecular weight excluding hydrogens is 366 g/mol. The molecule has 0 aromatic heterocycles. The minimum atomic E-state index is -0.647. The molecule has 2 amide bonds. The molecule has 0 aliphatic carbocycles. The van der Waals surface area contributed by atoms with Crippen molar-refractivity contribution in [2.45, 2.75) is 38.4 Å². The van der Waals surface area contributed by atoms with E-state index in [2.05, 4.69) is 16.0 Å². The van der Waals surface area contributed by atoms with Crippen molar-refractivity contribution >= 4 is 17.6 Å². The minimum absolute atomic E-state index is 0.00303. The van der Waals surface area contributed by atoms with Crippen molar-refractivity contribution in [2.75, 3.05) is 7.05 Å². The van der Waals surface area contributed by atoms with Crippen LogP contribution < -0.4 is 21.7 Å². The van der Waals surface area contributed by atoms with E-state index in [1.54, 1.807) is 38.2 Å². The van der Waals surface area contributed by atoms with Crippen LogP contribution in [0, 0.1) is 5.41 Å². The minimum Gasteiger partial charge on any atom is -0.384 e. The Hall–Kier alpha value is -3.19. The fourth-order valence-electron chi connectivity index (χ4n) is 2.89. The lowest BCUT2D eigenvalue weighted by Crippen LogP contribution is -2.51. The van der Waals surface area contributed by atoms with Crippen LogP contribution in [0.15, 0.2) is 54.6 Å². The summed E-state index contributed by atoms with van der Waals surface area (Å²) < 4.78 is 0. The number of aryl methyl sites for hydroxylation is 1. The Morgan fingerprint density at radius 2 is 1.66 bits per heavy atom. The van der Waals surface area contributed by atoms with E-state index in [0.717, 1.165) is 12.0 Å². The van der Waals surface area contributed by atoms with Gasteiger partial charge in [0.15, 0.2) is 0 Å². The van der Waals surface area contributed by atoms with Gasteiger partial charge < -0.3 is 21.7 Å². The van der Waals surface area contributed by atoms with Gasteiger partial charge in [0.05, 0.1) is 6.04 Å². The summed E-state index contributed by atoms with van der Waals surface area (Å²) in [6, 6.07) is 16.0. The Morgan fingerprint density at radius 1 is 1.00 bits per heavy atom. The van der Waals surface area contributed by atoms with Gasteiger partial charge in [0.2, 0.25) is 11.8 Å². The zero-order valence-electron chi connectivity index (χ0n) is 16.9. The Bertz CT molecular complexity index is 821. The highest BCUT2D eigenvalue weighted by Crippen LogP contribution is 2.06. The normalized spacial score (nSPS) is 12.6. The number of carbonyl (C=O) groups excluding carboxylic acids is 2. The molecule has 0 fully saturated rings. The first-order valence-corrected chi connectivity index (χ1v) is 9.63. The van der Waals surface area contributed by atoms with Gasteiger partial charge in [-0.25, -0.2) is 0 Å². The number of nitrogens with two attached hydrogens (primary N) is 1. The summed E-state index contributed by atoms with van der Waals surface area (Å²) in [5.41, 5.74) is 8.12. The van der Waals surface area contributed by atoms with Crippen LogP contribution in [0.3, 0.4) is 0 Å². The molecule has 6 N–H and O–H groups in total. The Labute approximate surface area is 171 Å². The van der Waals surface area contributed by atoms with Gasteiger partial charge in [0.1, 0.15) is 11.9 Å². The lowest BCUT2D eigenvalue weighted by Gasteiger charge is -2.20. The van der Waals surface area contributed by atoms with E-state index in [4.69, 9.17) is 11.1 Å². The Kier molecular flexibility index (Phi) is 8.36. The molecular formula is C22H29N5O2. The van der Waals surface area contributed by atoms with Crippen LogP contribution in [0.25, 0.3) is 0 Å². The molecule has 0 unspecified atom stereocenters. The Balaban J connectivity index is 1.80. The van der Waals surface area contributed by atoms with E-state index in [1.807, 2.05) is 30.3 Å². The maximum absolute atomic E-state index is 12.5. The van der Waals surface area contributed by atoms with Gasteiger partial charge in [0, 0.05) is 12.1 Å². The molecule has 7 nitrogen and oxygen atoms in total. The standard InChI is InChI=1S/C22H29N5O2/c1-15(21(28)26-14-17-8-11-18(12-9-17)20(23)24)27-22(29)19(25-2)13-10-16-6-4-3-5-7-16/h3-9,11-12,15,19,25H,10,13-14H2,1-2H3,(H3,23,24)(H,26,28)(H,27,29)/t15-,19+/m0/s1. The molecule has 0 aliphatic rings. The van der Waals surface area contributed by atoms with Gasteiger partial charge in [0.25, 0.3) is 0 Å². The number of benzene rings is 2. The molecule has 2 atom stereocenters. The highest BCUT2D eigenvalue weighted by atomic mass is 16.2. The summed E-state index contributed by atoms with van der Waals surface area (Å²) in [5, 5.41) is 16.0. The van der Waals surface area contributed by atoms with Crippen molar-refractivity contribution < 1.29 is 9.59 Å². The molecule has 0 aliphatic heterocycles. The van der Waals surface area contributed by atoms with Crippen LogP contribution in [0.4, 0.5) is 0 Å². The highest BCUT2D eigenvalue weighted by Gasteiger charge is 2.21. The zero-order chi connectivity index (χ0) is 21.2. The van der Waals surface area contributed by atoms with Gasteiger partial charge >= 0.3 is 0 Å². The van der Waals surface area contributed by atoms with Gasteiger partial charge in [-0.2, -0.15) is 0 Å². The van der Waals surface area contributed by atoms with Crippen molar-refractivity contribution in [3.8, 4) is 0 Å². The average molecular weight is 396 g/mol. The fraction of sp³-hybridized carbons (Fsp3) is 0.318. The summed E-state index contributed by atoms with van der Waals surface area (Å²) in [6.07, 6.45) is 1.42. The van der Waals surface area contributed by atoms with Crippen molar-refractivity contribution in [1.29, 1.82) is 5.41 Å². The molecule has 0 saturated heterocycles. The number of nitrogens with one attached hydrogen (secondary N) is 4. The summed E-state index contributed by atoms with van der Waals surface area (Å²) in [5.74, 6) is -0.452. The third-order valence-corrected chi connectivity index (χ3v) is 4.71. The quantitative estimate of drug-likeness (QED) is 0.308. The second-order valence-corrected chi connectivity index (χ2v) is 6.92. The second-order valence-electron chi connectivity index (χ2n) is 6.92. The van der Waals surface area contributed by atoms with Crippen molar-refractivity contribution in [2.24, 2.45) is 5.73 Å². The van der Waals surface area contributed by atoms with Gasteiger partial charge in [-0.05, 0) is 37.9 Å². The number of hydrogen-bond acceptors (Lipinski definition) is 4. The molecule has 29 heavy (non-hydrogen) atoms. The van der Waals surface area contributed by atoms with Crippen LogP contribution >= 0.6 is 0 Å². The number of nitrogen functional groups attached to an aromatic ring is 1. The molecule has 2 aromatic rings. The number of carbonyl (C=O) groups is 2. The summed E-state index contributed by atoms with van der Waals surface area (Å²) in [7, 11) is 1.74. The maximum Gasteiger partial charge on any atom is 0.242 e. The van der Waals surface area contributed by atoms with Crippen LogP contribution in [0.2, 0.25) is 0 Å². The van der Waals surface area contributed by atoms with Gasteiger partial charge in [-0.3, -0.25) is 15.0 Å². The lowest BCUT2D eigenvalue weighted by molar-refractivity contribution is -0.129. The monoisotopic (exact) mass is 395 g/mol. The van der Waals surface area contributed by atoms with E-state index in [-0.39, 0.29) is 23.7 Å². The van der Waals surface area contributed by atoms with Gasteiger partial charge in [-0.1, -0.05) is 54.6 Å². The third kappa shape index (κ3) is 7.04. The zero-order valence-corrected chi connectivity index (χ0v) is 16.9. The number of amides is 2. The largest absolute Gasteiger partial charge is 0.384 e. The molecule has 2 rings (SSSR count). The number of amidine groups is 1. The first-order valence-electron chi connectivity index (χ1n) is 9.63. The summed E-state index contributed by atoms with van der Waals surface area (Å²) in [6.45, 7) is 2.00. The SMILES string of the molecule is CN[C@H](CCc1ccccc1)C(=O)N[C@@H](C)C(=O)NCc1ccc(C(=N)N)cc1. The van der Waals surface area contributed by atoms with Gasteiger partial charge in [-0.15, -0.1) is 0 Å². The van der Waals surface area contributed by atoms with Crippen LogP contribution in [0.5, 0.6) is 0 Å². The first-order chi connectivity index (χ1) is 13.9. The maximum atomic E-state index is 12.5. The molecule has 0 spiro atoms. The van der Waals surface area contributed by atoms with E-state index >= 15 is 0 Å². The van der Waals surface area contributed by atoms with E-state index in [1.165, 1.54) is 5.56 Å². The van der Waals surface area contributed by atoms with Crippen LogP contribution in [0.1, 0.15) is 30.0 Å². The number of hydrogen-bond donors (Lipinski definition) is 5. The average Bonchev–Trinajstić information content (AvgIpc) is 2.73. The summed E-state index contributed by atoms with van der Waals surface area (Å²) >= 11 is 0. The van der Waals surface area contributed by atoms with E-state index in [0.29, 0.717) is 18.5 Å². The molecule has 7 heteroatoms. The third-order valence-electron chi connectivity index (χ3n) is 4.71. The number of rotatable bonds is 10. The summed E-state index contributed by atoms with van der Waals surface area (Å²) in [4.78, 5) is 24.8. The van der Waals surface area contributed by atoms with Crippen molar-refractivity contribution in [3.63, 3.8) is 0 Å². The lowest BCUT2D eigenvalue weighted by atomic mass is 10.0. The topological polar surface area (TPSA) is 120 Å². The van der Waals surface area contributed by atoms with E-state index < -0.39 is 6.04 Å². The second kappa shape index (κ2) is 11.0. The molecule has 0 heterocycles. The van der Waals surface area contributed by atoms with Crippen LogP contribution in [-0.2, 0) is 22.6 Å². The van der Waals surface area contributed by atoms with Crippen molar-refractivity contribution in [3.05, 3.63) is 71.3 Å². The molecule has 154 valence electrons. The van der Waals surface area contributed by atoms with Crippen LogP contribution in [-0.4, -0.2) is 36.8 Å². The highest BCUT2D eigenvalue weighted by molar-refractivity contribution is 5.94. The van der Waals surface area contributed by atoms with E-state index in [9.17, 15) is 9.59 Å². The molecule has 0 saturated carbocycles. The van der Waals surface area contributed by atoms with Crippen molar-refractivity contribution in [1.82, 2.24) is 16.0 Å². The predicted molar refractivity (Wildman–Crippen MR) is 115 cm³/mol. The number of likely N-dealkylation sites (N-methyl/N-ethyl adjacent to an activating group) is 1. The fourth-order valence-corrected chi connectivity index (χ4v) is 2.89. The molecule has 0 radical (unpaired) electrons. The first kappa shape index (κ1) is 22.1. The predicted octanol–water partition coefficient (Wildman–Crippen LogP) is 1.31.